The number of aromatic nitrogens is 2. The van der Waals surface area contributed by atoms with Crippen molar-refractivity contribution in [2.45, 2.75) is 32.4 Å². The zero-order valence-corrected chi connectivity index (χ0v) is 14.2. The lowest BCUT2D eigenvalue weighted by Gasteiger charge is -2.06. The molecule has 0 bridgehead atoms. The molecule has 2 heterocycles. The number of aryl methyl sites for hydroxylation is 2. The quantitative estimate of drug-likeness (QED) is 0.696. The van der Waals surface area contributed by atoms with E-state index in [1.165, 1.54) is 21.9 Å². The van der Waals surface area contributed by atoms with Gasteiger partial charge in [0.1, 0.15) is 5.69 Å². The Bertz CT molecular complexity index is 767. The standard InChI is InChI=1S/C18H22N4O3/c1-12-4-6-13(7-5-12)3-2-8-19-17(24)15-9-16-18(25)20-10-14(23)11-22(16)21-15/h4-7,9,14,23H,2-3,8,10-11H2,1H3,(H,19,24)(H,20,25). The molecule has 7 nitrogen and oxygen atoms in total. The van der Waals surface area contributed by atoms with E-state index in [1.807, 2.05) is 0 Å². The second-order valence-corrected chi connectivity index (χ2v) is 6.31. The number of benzene rings is 1. The van der Waals surface area contributed by atoms with Gasteiger partial charge in [-0.05, 0) is 25.3 Å². The maximum absolute atomic E-state index is 12.2. The molecule has 3 rings (SSSR count). The topological polar surface area (TPSA) is 96.2 Å². The van der Waals surface area contributed by atoms with E-state index in [2.05, 4.69) is 46.9 Å². The van der Waals surface area contributed by atoms with Crippen molar-refractivity contribution in [2.75, 3.05) is 13.1 Å². The summed E-state index contributed by atoms with van der Waals surface area (Å²) in [5, 5.41) is 19.3. The van der Waals surface area contributed by atoms with E-state index < -0.39 is 6.10 Å². The molecule has 1 aliphatic rings. The first-order valence-electron chi connectivity index (χ1n) is 8.41. The first-order chi connectivity index (χ1) is 12.0. The van der Waals surface area contributed by atoms with Gasteiger partial charge < -0.3 is 15.7 Å². The van der Waals surface area contributed by atoms with Crippen molar-refractivity contribution >= 4 is 11.8 Å². The third-order valence-corrected chi connectivity index (χ3v) is 4.18. The third-order valence-electron chi connectivity index (χ3n) is 4.18. The molecule has 1 aromatic carbocycles. The molecule has 3 N–H and O–H groups in total. The van der Waals surface area contributed by atoms with E-state index in [1.54, 1.807) is 0 Å². The van der Waals surface area contributed by atoms with Crippen molar-refractivity contribution in [3.63, 3.8) is 0 Å². The van der Waals surface area contributed by atoms with Crippen molar-refractivity contribution in [1.82, 2.24) is 20.4 Å². The third kappa shape index (κ3) is 4.24. The van der Waals surface area contributed by atoms with Crippen LogP contribution in [0.1, 0.15) is 38.5 Å². The second kappa shape index (κ2) is 7.48. The summed E-state index contributed by atoms with van der Waals surface area (Å²) in [5.41, 5.74) is 2.95. The number of amides is 2. The molecule has 0 spiro atoms. The van der Waals surface area contributed by atoms with Crippen LogP contribution in [-0.2, 0) is 13.0 Å². The van der Waals surface area contributed by atoms with Crippen LogP contribution in [0.2, 0.25) is 0 Å². The zero-order chi connectivity index (χ0) is 17.8. The Balaban J connectivity index is 1.53. The SMILES string of the molecule is Cc1ccc(CCCNC(=O)c2cc3n(n2)CC(O)CNC3=O)cc1. The minimum Gasteiger partial charge on any atom is -0.389 e. The van der Waals surface area contributed by atoms with Crippen LogP contribution in [0.4, 0.5) is 0 Å². The van der Waals surface area contributed by atoms with Gasteiger partial charge in [0.25, 0.3) is 11.8 Å². The Hall–Kier alpha value is -2.67. The molecule has 7 heteroatoms. The van der Waals surface area contributed by atoms with Crippen molar-refractivity contribution in [2.24, 2.45) is 0 Å². The summed E-state index contributed by atoms with van der Waals surface area (Å²) in [4.78, 5) is 24.1. The Labute approximate surface area is 146 Å². The zero-order valence-electron chi connectivity index (χ0n) is 14.2. The summed E-state index contributed by atoms with van der Waals surface area (Å²) < 4.78 is 1.38. The van der Waals surface area contributed by atoms with Gasteiger partial charge in [0.15, 0.2) is 5.69 Å². The number of nitrogens with zero attached hydrogens (tertiary/aromatic N) is 2. The van der Waals surface area contributed by atoms with Crippen molar-refractivity contribution < 1.29 is 14.7 Å². The number of rotatable bonds is 5. The lowest BCUT2D eigenvalue weighted by molar-refractivity contribution is 0.0931. The summed E-state index contributed by atoms with van der Waals surface area (Å²) in [5.74, 6) is -0.644. The Morgan fingerprint density at radius 2 is 2.16 bits per heavy atom. The number of carbonyl (C=O) groups excluding carboxylic acids is 2. The first-order valence-corrected chi connectivity index (χ1v) is 8.41. The van der Waals surface area contributed by atoms with E-state index in [9.17, 15) is 14.7 Å². The van der Waals surface area contributed by atoms with Gasteiger partial charge in [-0.15, -0.1) is 0 Å². The fraction of sp³-hybridized carbons (Fsp3) is 0.389. The molecule has 0 saturated heterocycles. The van der Waals surface area contributed by atoms with Crippen molar-refractivity contribution in [3.8, 4) is 0 Å². The Kier molecular flexibility index (Phi) is 5.14. The molecule has 132 valence electrons. The van der Waals surface area contributed by atoms with Gasteiger partial charge in [0.2, 0.25) is 0 Å². The molecule has 1 atom stereocenters. The molecule has 1 aliphatic heterocycles. The average Bonchev–Trinajstić information content (AvgIpc) is 2.96. The van der Waals surface area contributed by atoms with Crippen molar-refractivity contribution in [1.29, 1.82) is 0 Å². The first kappa shape index (κ1) is 17.2. The van der Waals surface area contributed by atoms with E-state index in [4.69, 9.17) is 0 Å². The smallest absolute Gasteiger partial charge is 0.271 e. The molecule has 25 heavy (non-hydrogen) atoms. The summed E-state index contributed by atoms with van der Waals surface area (Å²) >= 11 is 0. The number of aliphatic hydroxyl groups is 1. The molecule has 0 aliphatic carbocycles. The fourth-order valence-electron chi connectivity index (χ4n) is 2.75. The van der Waals surface area contributed by atoms with Gasteiger partial charge in [-0.3, -0.25) is 14.3 Å². The molecule has 0 saturated carbocycles. The predicted octanol–water partition coefficient (Wildman–Crippen LogP) is 0.658. The highest BCUT2D eigenvalue weighted by Gasteiger charge is 2.24. The fourth-order valence-corrected chi connectivity index (χ4v) is 2.75. The van der Waals surface area contributed by atoms with Gasteiger partial charge in [-0.1, -0.05) is 29.8 Å². The van der Waals surface area contributed by atoms with Crippen molar-refractivity contribution in [3.05, 3.63) is 52.8 Å². The van der Waals surface area contributed by atoms with Crippen LogP contribution in [-0.4, -0.2) is 45.9 Å². The number of β-amino-alcohol motifs (C(OH)–C–C–N with tert-alkyl or cyclic N) is 1. The lowest BCUT2D eigenvalue weighted by Crippen LogP contribution is -2.30. The van der Waals surface area contributed by atoms with Crippen LogP contribution >= 0.6 is 0 Å². The molecule has 0 radical (unpaired) electrons. The summed E-state index contributed by atoms with van der Waals surface area (Å²) in [6.07, 6.45) is 0.992. The van der Waals surface area contributed by atoms with Gasteiger partial charge in [0.05, 0.1) is 12.6 Å². The highest BCUT2D eigenvalue weighted by atomic mass is 16.3. The second-order valence-electron chi connectivity index (χ2n) is 6.31. The van der Waals surface area contributed by atoms with E-state index in [0.29, 0.717) is 12.2 Å². The highest BCUT2D eigenvalue weighted by molar-refractivity contribution is 5.98. The normalized spacial score (nSPS) is 16.7. The van der Waals surface area contributed by atoms with Gasteiger partial charge in [-0.25, -0.2) is 0 Å². The predicted molar refractivity (Wildman–Crippen MR) is 92.4 cm³/mol. The number of hydrogen-bond acceptors (Lipinski definition) is 4. The number of nitrogens with one attached hydrogen (secondary N) is 2. The Morgan fingerprint density at radius 1 is 1.40 bits per heavy atom. The summed E-state index contributed by atoms with van der Waals surface area (Å²) in [7, 11) is 0. The number of aliphatic hydroxyl groups excluding tert-OH is 1. The largest absolute Gasteiger partial charge is 0.389 e. The maximum atomic E-state index is 12.2. The number of hydrogen-bond donors (Lipinski definition) is 3. The van der Waals surface area contributed by atoms with Crippen LogP contribution in [0, 0.1) is 6.92 Å². The summed E-state index contributed by atoms with van der Waals surface area (Å²) in [6.45, 7) is 2.96. The molecule has 0 fully saturated rings. The van der Waals surface area contributed by atoms with E-state index in [-0.39, 0.29) is 30.6 Å². The van der Waals surface area contributed by atoms with Crippen LogP contribution in [0.25, 0.3) is 0 Å². The van der Waals surface area contributed by atoms with Crippen LogP contribution in [0.15, 0.2) is 30.3 Å². The van der Waals surface area contributed by atoms with Gasteiger partial charge >= 0.3 is 0 Å². The van der Waals surface area contributed by atoms with Crippen LogP contribution in [0.3, 0.4) is 0 Å². The molecule has 1 aromatic heterocycles. The van der Waals surface area contributed by atoms with Crippen LogP contribution < -0.4 is 10.6 Å². The monoisotopic (exact) mass is 342 g/mol. The molecular formula is C18H22N4O3. The van der Waals surface area contributed by atoms with Gasteiger partial charge in [-0.2, -0.15) is 5.10 Å². The minimum absolute atomic E-state index is 0.183. The molecule has 2 amide bonds. The average molecular weight is 342 g/mol. The maximum Gasteiger partial charge on any atom is 0.271 e. The lowest BCUT2D eigenvalue weighted by atomic mass is 10.1. The Morgan fingerprint density at radius 3 is 2.92 bits per heavy atom. The summed E-state index contributed by atoms with van der Waals surface area (Å²) in [6, 6.07) is 9.79. The van der Waals surface area contributed by atoms with Crippen LogP contribution in [0.5, 0.6) is 0 Å². The molecule has 1 unspecified atom stereocenters. The molecule has 2 aromatic rings. The van der Waals surface area contributed by atoms with E-state index in [0.717, 1.165) is 12.8 Å². The van der Waals surface area contributed by atoms with E-state index >= 15 is 0 Å². The number of fused-ring (bicyclic) bond motifs is 1. The molecular weight excluding hydrogens is 320 g/mol. The highest BCUT2D eigenvalue weighted by Crippen LogP contribution is 2.09. The number of carbonyl (C=O) groups is 2. The van der Waals surface area contributed by atoms with Gasteiger partial charge in [0, 0.05) is 19.2 Å². The minimum atomic E-state index is -0.712.